The second-order valence-corrected chi connectivity index (χ2v) is 9.11. The summed E-state index contributed by atoms with van der Waals surface area (Å²) in [5.41, 5.74) is 3.40. The van der Waals surface area contributed by atoms with Crippen molar-refractivity contribution in [2.24, 2.45) is 0 Å². The molecule has 8 nitrogen and oxygen atoms in total. The van der Waals surface area contributed by atoms with Crippen LogP contribution >= 0.6 is 0 Å². The van der Waals surface area contributed by atoms with Crippen LogP contribution in [0.2, 0.25) is 0 Å². The lowest BCUT2D eigenvalue weighted by Gasteiger charge is -2.39. The first kappa shape index (κ1) is 21.1. The lowest BCUT2D eigenvalue weighted by molar-refractivity contribution is 0.0210. The van der Waals surface area contributed by atoms with E-state index >= 15 is 0 Å². The van der Waals surface area contributed by atoms with Gasteiger partial charge in [0.15, 0.2) is 0 Å². The summed E-state index contributed by atoms with van der Waals surface area (Å²) in [6.45, 7) is 9.21. The first-order chi connectivity index (χ1) is 14.7. The highest BCUT2D eigenvalue weighted by molar-refractivity contribution is 6.02. The summed E-state index contributed by atoms with van der Waals surface area (Å²) >= 11 is 0. The highest BCUT2D eigenvalue weighted by atomic mass is 16.6. The smallest absolute Gasteiger partial charge is 0.410 e. The van der Waals surface area contributed by atoms with Gasteiger partial charge in [0.25, 0.3) is 0 Å². The number of hydrogen-bond donors (Lipinski definition) is 1. The summed E-state index contributed by atoms with van der Waals surface area (Å²) in [6, 6.07) is 2.13. The summed E-state index contributed by atoms with van der Waals surface area (Å²) in [4.78, 5) is 33.2. The molecule has 1 fully saturated rings. The zero-order valence-electron chi connectivity index (χ0n) is 18.8. The third-order valence-electron chi connectivity index (χ3n) is 5.61. The zero-order chi connectivity index (χ0) is 22.2. The number of nitrogens with one attached hydrogen (secondary N) is 1. The van der Waals surface area contributed by atoms with E-state index in [1.807, 2.05) is 65.6 Å². The van der Waals surface area contributed by atoms with Gasteiger partial charge in [-0.15, -0.1) is 0 Å². The number of aromatic amines is 1. The predicted octanol–water partition coefficient (Wildman–Crippen LogP) is 4.16. The number of anilines is 1. The van der Waals surface area contributed by atoms with Crippen molar-refractivity contribution in [1.29, 1.82) is 0 Å². The number of H-pyrrole nitrogens is 1. The third-order valence-corrected chi connectivity index (χ3v) is 5.61. The molecular weight excluding hydrogens is 392 g/mol. The molecule has 1 saturated heterocycles. The molecule has 4 rings (SSSR count). The molecular formula is C23H30N6O2. The molecule has 1 aliphatic heterocycles. The SMILES string of the molecule is Cc1ncc(-c2c[nH]c3nccc(N4CCC[C@H](N(C)C(=O)OC(C)(C)C)C4)c23)cn1. The number of hydrogen-bond acceptors (Lipinski definition) is 6. The average molecular weight is 423 g/mol. The first-order valence-electron chi connectivity index (χ1n) is 10.7. The van der Waals surface area contributed by atoms with Crippen LogP contribution in [0.5, 0.6) is 0 Å². The topological polar surface area (TPSA) is 87.2 Å². The molecule has 0 spiro atoms. The summed E-state index contributed by atoms with van der Waals surface area (Å²) < 4.78 is 5.58. The fourth-order valence-electron chi connectivity index (χ4n) is 4.03. The molecule has 31 heavy (non-hydrogen) atoms. The average Bonchev–Trinajstić information content (AvgIpc) is 3.17. The molecule has 4 heterocycles. The molecule has 0 aliphatic carbocycles. The standard InChI is InChI=1S/C23H30N6O2/c1-15-25-11-16(12-26-15)18-13-27-21-20(18)19(8-9-24-21)29-10-6-7-17(14-29)28(5)22(30)31-23(2,3)4/h8-9,11-13,17H,6-7,10,14H2,1-5H3,(H,24,27)/t17-/m0/s1. The van der Waals surface area contributed by atoms with Gasteiger partial charge in [0.05, 0.1) is 11.4 Å². The second-order valence-electron chi connectivity index (χ2n) is 9.11. The number of aryl methyl sites for hydroxylation is 1. The number of pyridine rings is 1. The van der Waals surface area contributed by atoms with Gasteiger partial charge in [-0.2, -0.15) is 0 Å². The van der Waals surface area contributed by atoms with Gasteiger partial charge in [0, 0.05) is 61.7 Å². The number of carbonyl (C=O) groups is 1. The molecule has 0 saturated carbocycles. The highest BCUT2D eigenvalue weighted by Gasteiger charge is 2.30. The minimum atomic E-state index is -0.507. The fraction of sp³-hybridized carbons (Fsp3) is 0.478. The molecule has 3 aromatic rings. The lowest BCUT2D eigenvalue weighted by Crippen LogP contribution is -2.49. The number of piperidine rings is 1. The van der Waals surface area contributed by atoms with Crippen LogP contribution in [-0.4, -0.2) is 62.7 Å². The van der Waals surface area contributed by atoms with E-state index in [2.05, 4.69) is 24.8 Å². The van der Waals surface area contributed by atoms with Gasteiger partial charge in [-0.1, -0.05) is 0 Å². The Morgan fingerprint density at radius 3 is 2.71 bits per heavy atom. The van der Waals surface area contributed by atoms with Gasteiger partial charge >= 0.3 is 6.09 Å². The molecule has 1 amide bonds. The number of amides is 1. The Kier molecular flexibility index (Phi) is 5.56. The number of carbonyl (C=O) groups excluding carboxylic acids is 1. The van der Waals surface area contributed by atoms with Gasteiger partial charge in [-0.25, -0.2) is 19.7 Å². The quantitative estimate of drug-likeness (QED) is 0.682. The largest absolute Gasteiger partial charge is 0.444 e. The van der Waals surface area contributed by atoms with E-state index in [4.69, 9.17) is 4.74 Å². The predicted molar refractivity (Wildman–Crippen MR) is 121 cm³/mol. The maximum Gasteiger partial charge on any atom is 0.410 e. The third kappa shape index (κ3) is 4.47. The van der Waals surface area contributed by atoms with Gasteiger partial charge < -0.3 is 19.5 Å². The number of ether oxygens (including phenoxy) is 1. The Morgan fingerprint density at radius 1 is 1.26 bits per heavy atom. The minimum Gasteiger partial charge on any atom is -0.444 e. The molecule has 0 aromatic carbocycles. The normalized spacial score (nSPS) is 17.1. The van der Waals surface area contributed by atoms with E-state index in [9.17, 15) is 4.79 Å². The minimum absolute atomic E-state index is 0.0805. The van der Waals surface area contributed by atoms with Crippen molar-refractivity contribution in [2.45, 2.75) is 52.2 Å². The number of fused-ring (bicyclic) bond motifs is 1. The van der Waals surface area contributed by atoms with Gasteiger partial charge in [-0.05, 0) is 46.6 Å². The van der Waals surface area contributed by atoms with Crippen molar-refractivity contribution in [1.82, 2.24) is 24.8 Å². The summed E-state index contributed by atoms with van der Waals surface area (Å²) in [5, 5.41) is 1.05. The van der Waals surface area contributed by atoms with Crippen LogP contribution in [0.25, 0.3) is 22.2 Å². The maximum absolute atomic E-state index is 12.6. The van der Waals surface area contributed by atoms with E-state index in [0.717, 1.165) is 59.6 Å². The molecule has 8 heteroatoms. The molecule has 164 valence electrons. The van der Waals surface area contributed by atoms with E-state index in [1.54, 1.807) is 4.90 Å². The molecule has 1 atom stereocenters. The number of rotatable bonds is 3. The van der Waals surface area contributed by atoms with Gasteiger partial charge in [0.1, 0.15) is 17.1 Å². The molecule has 0 radical (unpaired) electrons. The van der Waals surface area contributed by atoms with E-state index in [-0.39, 0.29) is 12.1 Å². The Hall–Kier alpha value is -3.16. The second kappa shape index (κ2) is 8.17. The van der Waals surface area contributed by atoms with E-state index < -0.39 is 5.60 Å². The van der Waals surface area contributed by atoms with Crippen LogP contribution in [-0.2, 0) is 4.74 Å². The van der Waals surface area contributed by atoms with Crippen molar-refractivity contribution in [2.75, 3.05) is 25.0 Å². The van der Waals surface area contributed by atoms with Crippen LogP contribution < -0.4 is 4.90 Å². The maximum atomic E-state index is 12.6. The van der Waals surface area contributed by atoms with Gasteiger partial charge in [-0.3, -0.25) is 0 Å². The van der Waals surface area contributed by atoms with Crippen molar-refractivity contribution in [3.8, 4) is 11.1 Å². The Morgan fingerprint density at radius 2 is 2.00 bits per heavy atom. The molecule has 0 bridgehead atoms. The Labute approximate surface area is 182 Å². The molecule has 1 aliphatic rings. The number of nitrogens with zero attached hydrogens (tertiary/aromatic N) is 5. The zero-order valence-corrected chi connectivity index (χ0v) is 18.8. The number of likely N-dealkylation sites (N-methyl/N-ethyl adjacent to an activating group) is 1. The Balaban J connectivity index is 1.63. The highest BCUT2D eigenvalue weighted by Crippen LogP contribution is 2.36. The van der Waals surface area contributed by atoms with Crippen molar-refractivity contribution < 1.29 is 9.53 Å². The summed E-state index contributed by atoms with van der Waals surface area (Å²) in [6.07, 6.45) is 9.14. The van der Waals surface area contributed by atoms with Crippen LogP contribution in [0, 0.1) is 6.92 Å². The van der Waals surface area contributed by atoms with Crippen LogP contribution in [0.1, 0.15) is 39.4 Å². The molecule has 3 aromatic heterocycles. The Bertz CT molecular complexity index is 1070. The number of aromatic nitrogens is 4. The molecule has 1 N–H and O–H groups in total. The van der Waals surface area contributed by atoms with Crippen LogP contribution in [0.3, 0.4) is 0 Å². The fourth-order valence-corrected chi connectivity index (χ4v) is 4.03. The van der Waals surface area contributed by atoms with Crippen molar-refractivity contribution in [3.63, 3.8) is 0 Å². The summed E-state index contributed by atoms with van der Waals surface area (Å²) in [5.74, 6) is 0.742. The monoisotopic (exact) mass is 422 g/mol. The first-order valence-corrected chi connectivity index (χ1v) is 10.7. The van der Waals surface area contributed by atoms with Crippen LogP contribution in [0.15, 0.2) is 30.9 Å². The lowest BCUT2D eigenvalue weighted by atomic mass is 10.0. The van der Waals surface area contributed by atoms with Gasteiger partial charge in [0.2, 0.25) is 0 Å². The molecule has 0 unspecified atom stereocenters. The van der Waals surface area contributed by atoms with Crippen molar-refractivity contribution >= 4 is 22.8 Å². The van der Waals surface area contributed by atoms with Crippen molar-refractivity contribution in [3.05, 3.63) is 36.7 Å². The van der Waals surface area contributed by atoms with E-state index in [0.29, 0.717) is 0 Å². The van der Waals surface area contributed by atoms with Crippen LogP contribution in [0.4, 0.5) is 10.5 Å². The van der Waals surface area contributed by atoms with E-state index in [1.165, 1.54) is 0 Å². The summed E-state index contributed by atoms with van der Waals surface area (Å²) in [7, 11) is 1.83.